The molecule has 0 fully saturated rings. The highest BCUT2D eigenvalue weighted by atomic mass is 16.5. The number of rotatable bonds is 6. The van der Waals surface area contributed by atoms with Crippen LogP contribution in [-0.4, -0.2) is 34.6 Å². The summed E-state index contributed by atoms with van der Waals surface area (Å²) in [5.41, 5.74) is 4.00. The maximum absolute atomic E-state index is 5.76. The maximum atomic E-state index is 5.76. The highest BCUT2D eigenvalue weighted by Gasteiger charge is 2.16. The van der Waals surface area contributed by atoms with Gasteiger partial charge in [0.1, 0.15) is 6.42 Å². The van der Waals surface area contributed by atoms with Crippen LogP contribution < -0.4 is 9.47 Å². The zero-order valence-electron chi connectivity index (χ0n) is 16.6. The summed E-state index contributed by atoms with van der Waals surface area (Å²) in [6.45, 7) is 4.11. The Bertz CT molecular complexity index is 1150. The second-order valence-corrected chi connectivity index (χ2v) is 6.56. The smallest absolute Gasteiger partial charge is 0.247 e. The summed E-state index contributed by atoms with van der Waals surface area (Å²) in [5.74, 6) is 2.90. The van der Waals surface area contributed by atoms with E-state index in [1.54, 1.807) is 26.4 Å². The van der Waals surface area contributed by atoms with E-state index in [1.165, 1.54) is 11.1 Å². The Morgan fingerprint density at radius 2 is 1.62 bits per heavy atom. The number of ether oxygens (including phenoxy) is 2. The van der Waals surface area contributed by atoms with Crippen molar-refractivity contribution in [2.75, 3.05) is 14.2 Å². The molecule has 0 N–H and O–H groups in total. The molecule has 0 unspecified atom stereocenters. The fourth-order valence-electron chi connectivity index (χ4n) is 2.86. The number of hydrogen-bond donors (Lipinski definition) is 0. The van der Waals surface area contributed by atoms with Gasteiger partial charge in [-0.25, -0.2) is 0 Å². The molecule has 0 aliphatic rings. The number of hydrogen-bond acceptors (Lipinski definition) is 8. The van der Waals surface area contributed by atoms with E-state index in [4.69, 9.17) is 18.4 Å². The van der Waals surface area contributed by atoms with Crippen LogP contribution in [0.5, 0.6) is 11.5 Å². The Hall–Kier alpha value is -3.68. The molecule has 4 aromatic rings. The van der Waals surface area contributed by atoms with Crippen molar-refractivity contribution >= 4 is 0 Å². The Morgan fingerprint density at radius 3 is 2.38 bits per heavy atom. The zero-order chi connectivity index (χ0) is 20.4. The SMILES string of the molecule is COc1ccc(-c2noc(Cc3nnc(-c4ccc(C)c(C)c4)o3)n2)cc1OC. The van der Waals surface area contributed by atoms with E-state index in [-0.39, 0.29) is 6.42 Å². The zero-order valence-corrected chi connectivity index (χ0v) is 16.6. The molecule has 0 saturated heterocycles. The molecule has 8 nitrogen and oxygen atoms in total. The van der Waals surface area contributed by atoms with Crippen LogP contribution in [0.4, 0.5) is 0 Å². The lowest BCUT2D eigenvalue weighted by Crippen LogP contribution is -1.92. The van der Waals surface area contributed by atoms with Gasteiger partial charge in [-0.2, -0.15) is 4.98 Å². The molecule has 29 heavy (non-hydrogen) atoms. The maximum Gasteiger partial charge on any atom is 0.247 e. The van der Waals surface area contributed by atoms with E-state index in [0.717, 1.165) is 11.1 Å². The van der Waals surface area contributed by atoms with E-state index >= 15 is 0 Å². The fraction of sp³-hybridized carbons (Fsp3) is 0.238. The van der Waals surface area contributed by atoms with Crippen molar-refractivity contribution in [3.63, 3.8) is 0 Å². The van der Waals surface area contributed by atoms with Crippen LogP contribution in [0, 0.1) is 13.8 Å². The van der Waals surface area contributed by atoms with Crippen LogP contribution >= 0.6 is 0 Å². The van der Waals surface area contributed by atoms with Gasteiger partial charge in [-0.3, -0.25) is 0 Å². The van der Waals surface area contributed by atoms with Crippen LogP contribution in [0.3, 0.4) is 0 Å². The lowest BCUT2D eigenvalue weighted by Gasteiger charge is -2.07. The minimum Gasteiger partial charge on any atom is -0.493 e. The summed E-state index contributed by atoms with van der Waals surface area (Å²) in [4.78, 5) is 4.41. The van der Waals surface area contributed by atoms with Crippen molar-refractivity contribution < 1.29 is 18.4 Å². The van der Waals surface area contributed by atoms with Gasteiger partial charge in [-0.05, 0) is 55.3 Å². The Morgan fingerprint density at radius 1 is 0.828 bits per heavy atom. The number of nitrogens with zero attached hydrogens (tertiary/aromatic N) is 4. The van der Waals surface area contributed by atoms with Gasteiger partial charge in [0, 0.05) is 11.1 Å². The van der Waals surface area contributed by atoms with Crippen LogP contribution in [0.1, 0.15) is 22.9 Å². The van der Waals surface area contributed by atoms with Gasteiger partial charge >= 0.3 is 0 Å². The third-order valence-electron chi connectivity index (χ3n) is 4.63. The first-order chi connectivity index (χ1) is 14.1. The average molecular weight is 392 g/mol. The summed E-state index contributed by atoms with van der Waals surface area (Å²) >= 11 is 0. The molecular weight excluding hydrogens is 372 g/mol. The summed E-state index contributed by atoms with van der Waals surface area (Å²) < 4.78 is 21.7. The lowest BCUT2D eigenvalue weighted by atomic mass is 10.1. The van der Waals surface area contributed by atoms with Crippen molar-refractivity contribution in [2.45, 2.75) is 20.3 Å². The van der Waals surface area contributed by atoms with E-state index in [2.05, 4.69) is 27.3 Å². The van der Waals surface area contributed by atoms with E-state index in [0.29, 0.717) is 35.0 Å². The van der Waals surface area contributed by atoms with Crippen LogP contribution in [-0.2, 0) is 6.42 Å². The van der Waals surface area contributed by atoms with Crippen LogP contribution in [0.15, 0.2) is 45.3 Å². The van der Waals surface area contributed by atoms with Crippen molar-refractivity contribution in [3.05, 3.63) is 59.3 Å². The molecule has 8 heteroatoms. The number of aromatic nitrogens is 4. The minimum absolute atomic E-state index is 0.248. The fourth-order valence-corrected chi connectivity index (χ4v) is 2.86. The number of methoxy groups -OCH3 is 2. The average Bonchev–Trinajstić information content (AvgIpc) is 3.39. The predicted molar refractivity (Wildman–Crippen MR) is 105 cm³/mol. The topological polar surface area (TPSA) is 96.3 Å². The predicted octanol–water partition coefficient (Wildman–Crippen LogP) is 4.01. The molecule has 2 aromatic heterocycles. The van der Waals surface area contributed by atoms with Gasteiger partial charge in [0.15, 0.2) is 11.5 Å². The molecule has 0 spiro atoms. The van der Waals surface area contributed by atoms with Gasteiger partial charge in [0.05, 0.1) is 14.2 Å². The molecule has 0 atom stereocenters. The van der Waals surface area contributed by atoms with Gasteiger partial charge in [-0.15, -0.1) is 10.2 Å². The Balaban J connectivity index is 1.53. The third kappa shape index (κ3) is 3.82. The lowest BCUT2D eigenvalue weighted by molar-refractivity contribution is 0.355. The van der Waals surface area contributed by atoms with Crippen LogP contribution in [0.25, 0.3) is 22.8 Å². The second kappa shape index (κ2) is 7.75. The number of aryl methyl sites for hydroxylation is 2. The Kier molecular flexibility index (Phi) is 4.99. The molecule has 0 amide bonds. The van der Waals surface area contributed by atoms with Gasteiger partial charge < -0.3 is 18.4 Å². The van der Waals surface area contributed by atoms with Crippen molar-refractivity contribution in [2.24, 2.45) is 0 Å². The molecule has 0 radical (unpaired) electrons. The molecule has 2 heterocycles. The number of benzene rings is 2. The van der Waals surface area contributed by atoms with Gasteiger partial charge in [-0.1, -0.05) is 11.2 Å². The van der Waals surface area contributed by atoms with Crippen molar-refractivity contribution in [3.8, 4) is 34.3 Å². The van der Waals surface area contributed by atoms with Crippen molar-refractivity contribution in [1.29, 1.82) is 0 Å². The van der Waals surface area contributed by atoms with Crippen molar-refractivity contribution in [1.82, 2.24) is 20.3 Å². The second-order valence-electron chi connectivity index (χ2n) is 6.56. The Labute approximate surface area is 167 Å². The highest BCUT2D eigenvalue weighted by molar-refractivity contribution is 5.60. The van der Waals surface area contributed by atoms with E-state index in [1.807, 2.05) is 31.2 Å². The summed E-state index contributed by atoms with van der Waals surface area (Å²) in [5, 5.41) is 12.2. The highest BCUT2D eigenvalue weighted by Crippen LogP contribution is 2.31. The van der Waals surface area contributed by atoms with Crippen LogP contribution in [0.2, 0.25) is 0 Å². The largest absolute Gasteiger partial charge is 0.493 e. The molecule has 0 aliphatic carbocycles. The van der Waals surface area contributed by atoms with E-state index in [9.17, 15) is 0 Å². The molecule has 0 bridgehead atoms. The van der Waals surface area contributed by atoms with Gasteiger partial charge in [0.25, 0.3) is 0 Å². The monoisotopic (exact) mass is 392 g/mol. The normalized spacial score (nSPS) is 10.9. The summed E-state index contributed by atoms with van der Waals surface area (Å²) in [7, 11) is 3.16. The van der Waals surface area contributed by atoms with E-state index < -0.39 is 0 Å². The third-order valence-corrected chi connectivity index (χ3v) is 4.63. The minimum atomic E-state index is 0.248. The molecule has 148 valence electrons. The first-order valence-electron chi connectivity index (χ1n) is 9.02. The summed E-state index contributed by atoms with van der Waals surface area (Å²) in [6, 6.07) is 11.4. The molecule has 0 saturated carbocycles. The molecular formula is C21H20N4O4. The van der Waals surface area contributed by atoms with Gasteiger partial charge in [0.2, 0.25) is 23.5 Å². The molecule has 0 aliphatic heterocycles. The quantitative estimate of drug-likeness (QED) is 0.486. The standard InChI is InChI=1S/C21H20N4O4/c1-12-5-6-15(9-13(12)2)21-24-23-19(28-21)11-18-22-20(25-29-18)14-7-8-16(26-3)17(10-14)27-4/h5-10H,11H2,1-4H3. The first kappa shape index (κ1) is 18.7. The molecule has 2 aromatic carbocycles. The molecule has 4 rings (SSSR count). The first-order valence-corrected chi connectivity index (χ1v) is 9.02. The summed E-state index contributed by atoms with van der Waals surface area (Å²) in [6.07, 6.45) is 0.248.